The van der Waals surface area contributed by atoms with Crippen molar-refractivity contribution in [3.05, 3.63) is 24.3 Å². The molecule has 3 rings (SSSR count). The number of methoxy groups -OCH3 is 1. The zero-order chi connectivity index (χ0) is 16.9. The molecule has 24 heavy (non-hydrogen) atoms. The van der Waals surface area contributed by atoms with Gasteiger partial charge in [-0.3, -0.25) is 5.32 Å². The van der Waals surface area contributed by atoms with E-state index >= 15 is 0 Å². The van der Waals surface area contributed by atoms with Gasteiger partial charge in [0.15, 0.2) is 0 Å². The van der Waals surface area contributed by atoms with Crippen LogP contribution in [0.5, 0.6) is 0 Å². The first-order valence-electron chi connectivity index (χ1n) is 8.26. The summed E-state index contributed by atoms with van der Waals surface area (Å²) in [7, 11) is 1.31. The van der Waals surface area contributed by atoms with E-state index in [9.17, 15) is 9.59 Å². The second-order valence-electron chi connectivity index (χ2n) is 6.24. The van der Waals surface area contributed by atoms with Gasteiger partial charge in [0.2, 0.25) is 0 Å². The fraction of sp³-hybridized carbons (Fsp3) is 0.529. The molecule has 1 aromatic carbocycles. The van der Waals surface area contributed by atoms with Crippen LogP contribution in [0, 0.1) is 5.92 Å². The quantitative estimate of drug-likeness (QED) is 0.868. The summed E-state index contributed by atoms with van der Waals surface area (Å²) in [5.41, 5.74) is 1.31. The van der Waals surface area contributed by atoms with Gasteiger partial charge in [0.1, 0.15) is 0 Å². The SMILES string of the molecule is COC(=O)Nc1ccc(NC(=O)N(C[C@@H]2CCOC2)C2CC2)cc1. The number of nitrogens with zero attached hydrogens (tertiary/aromatic N) is 1. The zero-order valence-electron chi connectivity index (χ0n) is 13.8. The van der Waals surface area contributed by atoms with Crippen LogP contribution in [0.3, 0.4) is 0 Å². The van der Waals surface area contributed by atoms with E-state index in [4.69, 9.17) is 4.74 Å². The molecule has 1 aromatic rings. The van der Waals surface area contributed by atoms with Crippen LogP contribution >= 0.6 is 0 Å². The van der Waals surface area contributed by atoms with Crippen LogP contribution in [-0.2, 0) is 9.47 Å². The first-order valence-corrected chi connectivity index (χ1v) is 8.26. The fourth-order valence-electron chi connectivity index (χ4n) is 2.79. The number of urea groups is 1. The Bertz CT molecular complexity index is 580. The van der Waals surface area contributed by atoms with Crippen LogP contribution in [-0.4, -0.2) is 49.9 Å². The number of carbonyl (C=O) groups excluding carboxylic acids is 2. The van der Waals surface area contributed by atoms with Crippen molar-refractivity contribution in [2.75, 3.05) is 37.5 Å². The van der Waals surface area contributed by atoms with Crippen molar-refractivity contribution in [1.29, 1.82) is 0 Å². The molecule has 0 unspecified atom stereocenters. The van der Waals surface area contributed by atoms with E-state index in [0.29, 0.717) is 23.3 Å². The van der Waals surface area contributed by atoms with Crippen molar-refractivity contribution >= 4 is 23.5 Å². The molecule has 0 spiro atoms. The molecule has 7 nitrogen and oxygen atoms in total. The van der Waals surface area contributed by atoms with Gasteiger partial charge in [0, 0.05) is 36.5 Å². The van der Waals surface area contributed by atoms with E-state index in [2.05, 4.69) is 15.4 Å². The van der Waals surface area contributed by atoms with Crippen molar-refractivity contribution in [2.24, 2.45) is 5.92 Å². The smallest absolute Gasteiger partial charge is 0.411 e. The Morgan fingerprint density at radius 2 is 1.83 bits per heavy atom. The highest BCUT2D eigenvalue weighted by molar-refractivity contribution is 5.90. The molecule has 0 radical (unpaired) electrons. The first-order chi connectivity index (χ1) is 11.7. The maximum Gasteiger partial charge on any atom is 0.411 e. The van der Waals surface area contributed by atoms with Gasteiger partial charge in [0.05, 0.1) is 13.7 Å². The third-order valence-electron chi connectivity index (χ3n) is 4.30. The molecule has 1 aliphatic heterocycles. The van der Waals surface area contributed by atoms with Crippen molar-refractivity contribution < 1.29 is 19.1 Å². The molecule has 3 amide bonds. The molecule has 2 aliphatic rings. The molecule has 2 fully saturated rings. The minimum absolute atomic E-state index is 0.0712. The fourth-order valence-corrected chi connectivity index (χ4v) is 2.79. The van der Waals surface area contributed by atoms with Gasteiger partial charge in [-0.15, -0.1) is 0 Å². The number of carbonyl (C=O) groups is 2. The number of benzene rings is 1. The normalized spacial score (nSPS) is 19.6. The Balaban J connectivity index is 1.56. The number of rotatable bonds is 5. The van der Waals surface area contributed by atoms with E-state index in [1.54, 1.807) is 24.3 Å². The van der Waals surface area contributed by atoms with Gasteiger partial charge < -0.3 is 19.7 Å². The Hall–Kier alpha value is -2.28. The summed E-state index contributed by atoms with van der Waals surface area (Å²) >= 11 is 0. The molecule has 0 aromatic heterocycles. The number of ether oxygens (including phenoxy) is 2. The first kappa shape index (κ1) is 16.6. The van der Waals surface area contributed by atoms with Crippen molar-refractivity contribution in [3.63, 3.8) is 0 Å². The number of nitrogens with one attached hydrogen (secondary N) is 2. The second-order valence-corrected chi connectivity index (χ2v) is 6.24. The molecule has 130 valence electrons. The lowest BCUT2D eigenvalue weighted by molar-refractivity contribution is 0.167. The maximum atomic E-state index is 12.6. The molecule has 7 heteroatoms. The Morgan fingerprint density at radius 1 is 1.17 bits per heavy atom. The Labute approximate surface area is 141 Å². The van der Waals surface area contributed by atoms with E-state index in [0.717, 1.165) is 39.0 Å². The summed E-state index contributed by atoms with van der Waals surface area (Å²) in [6.45, 7) is 2.28. The van der Waals surface area contributed by atoms with Crippen molar-refractivity contribution in [3.8, 4) is 0 Å². The average Bonchev–Trinajstić information content (AvgIpc) is 3.30. The van der Waals surface area contributed by atoms with Gasteiger partial charge >= 0.3 is 12.1 Å². The lowest BCUT2D eigenvalue weighted by atomic mass is 10.1. The summed E-state index contributed by atoms with van der Waals surface area (Å²) in [5.74, 6) is 0.433. The predicted molar refractivity (Wildman–Crippen MR) is 90.1 cm³/mol. The van der Waals surface area contributed by atoms with Gasteiger partial charge in [-0.25, -0.2) is 9.59 Å². The maximum absolute atomic E-state index is 12.6. The Kier molecular flexibility index (Phi) is 5.20. The number of anilines is 2. The van der Waals surface area contributed by atoms with Crippen LogP contribution in [0.15, 0.2) is 24.3 Å². The second kappa shape index (κ2) is 7.53. The third-order valence-corrected chi connectivity index (χ3v) is 4.30. The number of amides is 3. The summed E-state index contributed by atoms with van der Waals surface area (Å²) in [6.07, 6.45) is 2.64. The molecule has 0 bridgehead atoms. The largest absolute Gasteiger partial charge is 0.453 e. The molecule has 1 atom stereocenters. The lowest BCUT2D eigenvalue weighted by Crippen LogP contribution is -2.40. The average molecular weight is 333 g/mol. The topological polar surface area (TPSA) is 79.9 Å². The van der Waals surface area contributed by atoms with E-state index in [1.807, 2.05) is 4.90 Å². The molecular formula is C17H23N3O4. The third kappa shape index (κ3) is 4.38. The number of hydrogen-bond donors (Lipinski definition) is 2. The highest BCUT2D eigenvalue weighted by atomic mass is 16.5. The van der Waals surface area contributed by atoms with E-state index in [-0.39, 0.29) is 6.03 Å². The molecule has 2 N–H and O–H groups in total. The van der Waals surface area contributed by atoms with E-state index in [1.165, 1.54) is 7.11 Å². The predicted octanol–water partition coefficient (Wildman–Crippen LogP) is 2.90. The monoisotopic (exact) mass is 333 g/mol. The van der Waals surface area contributed by atoms with Crippen LogP contribution < -0.4 is 10.6 Å². The van der Waals surface area contributed by atoms with Crippen LogP contribution in [0.1, 0.15) is 19.3 Å². The summed E-state index contributed by atoms with van der Waals surface area (Å²) < 4.78 is 9.95. The molecule has 1 heterocycles. The lowest BCUT2D eigenvalue weighted by Gasteiger charge is -2.25. The van der Waals surface area contributed by atoms with Crippen LogP contribution in [0.4, 0.5) is 21.0 Å². The van der Waals surface area contributed by atoms with Gasteiger partial charge in [0.25, 0.3) is 0 Å². The summed E-state index contributed by atoms with van der Waals surface area (Å²) in [6, 6.07) is 7.24. The molecule has 1 saturated carbocycles. The van der Waals surface area contributed by atoms with E-state index < -0.39 is 6.09 Å². The molecule has 1 saturated heterocycles. The van der Waals surface area contributed by atoms with Crippen molar-refractivity contribution in [2.45, 2.75) is 25.3 Å². The minimum Gasteiger partial charge on any atom is -0.453 e. The van der Waals surface area contributed by atoms with Crippen LogP contribution in [0.2, 0.25) is 0 Å². The Morgan fingerprint density at radius 3 is 2.38 bits per heavy atom. The van der Waals surface area contributed by atoms with Crippen molar-refractivity contribution in [1.82, 2.24) is 4.90 Å². The highest BCUT2D eigenvalue weighted by Crippen LogP contribution is 2.29. The van der Waals surface area contributed by atoms with Gasteiger partial charge in [-0.1, -0.05) is 0 Å². The summed E-state index contributed by atoms with van der Waals surface area (Å²) in [5, 5.41) is 5.51. The summed E-state index contributed by atoms with van der Waals surface area (Å²) in [4.78, 5) is 25.7. The molecular weight excluding hydrogens is 310 g/mol. The minimum atomic E-state index is -0.523. The standard InChI is InChI=1S/C17H23N3O4/c1-23-17(22)19-14-4-2-13(3-5-14)18-16(21)20(15-6-7-15)10-12-8-9-24-11-12/h2-5,12,15H,6-11H2,1H3,(H,18,21)(H,19,22)/t12-/m0/s1. The highest BCUT2D eigenvalue weighted by Gasteiger charge is 2.34. The van der Waals surface area contributed by atoms with Gasteiger partial charge in [-0.05, 0) is 43.5 Å². The van der Waals surface area contributed by atoms with Crippen LogP contribution in [0.25, 0.3) is 0 Å². The van der Waals surface area contributed by atoms with Gasteiger partial charge in [-0.2, -0.15) is 0 Å². The molecule has 1 aliphatic carbocycles. The zero-order valence-corrected chi connectivity index (χ0v) is 13.8. The number of hydrogen-bond acceptors (Lipinski definition) is 4.